The van der Waals surface area contributed by atoms with Gasteiger partial charge < -0.3 is 19.9 Å². The Kier molecular flexibility index (Phi) is 9.45. The average molecular weight is 783 g/mol. The van der Waals surface area contributed by atoms with E-state index in [4.69, 9.17) is 21.6 Å². The van der Waals surface area contributed by atoms with Crippen LogP contribution in [0.3, 0.4) is 0 Å². The molecule has 4 aromatic rings. The zero-order chi connectivity index (χ0) is 39.2. The molecule has 0 radical (unpaired) electrons. The smallest absolute Gasteiger partial charge is 0.256 e. The number of hydrogen-bond donors (Lipinski definition) is 3. The number of imidazole rings is 1. The van der Waals surface area contributed by atoms with Gasteiger partial charge in [0, 0.05) is 34.9 Å². The molecule has 55 heavy (non-hydrogen) atoms. The second-order valence-electron chi connectivity index (χ2n) is 16.9. The molecule has 3 N–H and O–H groups in total. The highest BCUT2D eigenvalue weighted by molar-refractivity contribution is 6.31. The number of anilines is 3. The molecule has 3 fully saturated rings. The SMILES string of the molecule is CC(C)n1cnc2cc(-c3cnc4c(c3)N(C3CC(C)(N5CCCCCC5)C3)C(=O)C4(C)C)nc(Nc3cc(C(O)NC4(C(F)F)CC4)c(Cl)c(F)c3F)c21. The Morgan fingerprint density at radius 2 is 1.67 bits per heavy atom. The van der Waals surface area contributed by atoms with Crippen molar-refractivity contribution in [3.05, 3.63) is 58.6 Å². The number of pyridine rings is 2. The monoisotopic (exact) mass is 782 g/mol. The van der Waals surface area contributed by atoms with Crippen LogP contribution in [0, 0.1) is 11.6 Å². The minimum Gasteiger partial charge on any atom is -0.374 e. The third-order valence-corrected chi connectivity index (χ3v) is 12.7. The molecule has 1 atom stereocenters. The first-order chi connectivity index (χ1) is 26.0. The Balaban J connectivity index is 1.16. The highest BCUT2D eigenvalue weighted by Gasteiger charge is 2.55. The molecule has 4 aliphatic rings. The van der Waals surface area contributed by atoms with Crippen molar-refractivity contribution in [2.45, 2.75) is 127 Å². The van der Waals surface area contributed by atoms with E-state index in [1.54, 1.807) is 18.6 Å². The van der Waals surface area contributed by atoms with Crippen molar-refractivity contribution in [2.75, 3.05) is 23.3 Å². The van der Waals surface area contributed by atoms with E-state index in [2.05, 4.69) is 27.4 Å². The summed E-state index contributed by atoms with van der Waals surface area (Å²) in [5.41, 5.74) is 0.288. The fourth-order valence-electron chi connectivity index (χ4n) is 8.78. The number of carbonyl (C=O) groups excluding carboxylic acids is 1. The van der Waals surface area contributed by atoms with Crippen LogP contribution >= 0.6 is 11.6 Å². The molecule has 5 heterocycles. The molecular weight excluding hydrogens is 736 g/mol. The van der Waals surface area contributed by atoms with Gasteiger partial charge in [-0.1, -0.05) is 24.4 Å². The zero-order valence-electron chi connectivity index (χ0n) is 31.7. The highest BCUT2D eigenvalue weighted by Crippen LogP contribution is 2.50. The molecule has 0 spiro atoms. The standard InChI is InChI=1S/C40H47ClF4N8O2/c1-21(2)52-20-47-27-16-25(48-34(32(27)52)49-26-15-24(29(41)31(43)30(26)42)35(54)50-40(10-11-40)36(44)45)22-14-28-33(46-19-22)38(3,4)37(55)53(28)23-17-39(5,18-23)51-12-8-6-7-9-13-51/h14-16,19-21,23,35-36,50,54H,6-13,17-18H2,1-5H3,(H,48,49). The Bertz CT molecular complexity index is 2160. The number of rotatable bonds is 10. The quantitative estimate of drug-likeness (QED) is 0.0835. The minimum atomic E-state index is -2.77. The summed E-state index contributed by atoms with van der Waals surface area (Å²) in [4.78, 5) is 33.0. The molecule has 3 aromatic heterocycles. The molecule has 1 aromatic carbocycles. The fourth-order valence-corrected chi connectivity index (χ4v) is 9.02. The number of amides is 1. The van der Waals surface area contributed by atoms with Crippen molar-refractivity contribution in [2.24, 2.45) is 0 Å². The Morgan fingerprint density at radius 3 is 2.31 bits per heavy atom. The predicted molar refractivity (Wildman–Crippen MR) is 204 cm³/mol. The van der Waals surface area contributed by atoms with Gasteiger partial charge in [-0.15, -0.1) is 0 Å². The summed E-state index contributed by atoms with van der Waals surface area (Å²) in [5, 5.41) is 15.5. The van der Waals surface area contributed by atoms with Crippen LogP contribution in [0.2, 0.25) is 5.02 Å². The minimum absolute atomic E-state index is 0.00499. The van der Waals surface area contributed by atoms with E-state index in [9.17, 15) is 18.7 Å². The molecule has 8 rings (SSSR count). The van der Waals surface area contributed by atoms with Gasteiger partial charge in [-0.05, 0) is 104 Å². The molecule has 2 saturated carbocycles. The van der Waals surface area contributed by atoms with Crippen molar-refractivity contribution in [3.8, 4) is 11.3 Å². The second kappa shape index (κ2) is 13.7. The maximum absolute atomic E-state index is 15.6. The van der Waals surface area contributed by atoms with Gasteiger partial charge in [0.15, 0.2) is 17.5 Å². The van der Waals surface area contributed by atoms with E-state index < -0.39 is 46.0 Å². The normalized spacial score (nSPS) is 24.0. The molecule has 2 aliphatic heterocycles. The molecule has 2 aliphatic carbocycles. The van der Waals surface area contributed by atoms with Gasteiger partial charge in [0.05, 0.1) is 50.6 Å². The first kappa shape index (κ1) is 38.0. The molecular formula is C40H47ClF4N8O2. The lowest BCUT2D eigenvalue weighted by atomic mass is 9.71. The average Bonchev–Trinajstić information content (AvgIpc) is 3.83. The number of aliphatic hydroxyl groups excluding tert-OH is 1. The maximum Gasteiger partial charge on any atom is 0.256 e. The highest BCUT2D eigenvalue weighted by atomic mass is 35.5. The van der Waals surface area contributed by atoms with Crippen LogP contribution in [0.4, 0.5) is 34.8 Å². The molecule has 294 valence electrons. The van der Waals surface area contributed by atoms with Gasteiger partial charge in [-0.3, -0.25) is 20.0 Å². The largest absolute Gasteiger partial charge is 0.374 e. The van der Waals surface area contributed by atoms with Gasteiger partial charge >= 0.3 is 0 Å². The molecule has 10 nitrogen and oxygen atoms in total. The van der Waals surface area contributed by atoms with Crippen molar-refractivity contribution < 1.29 is 27.5 Å². The lowest BCUT2D eigenvalue weighted by Crippen LogP contribution is -2.63. The number of hydrogen-bond acceptors (Lipinski definition) is 8. The summed E-state index contributed by atoms with van der Waals surface area (Å²) in [6.45, 7) is 12.1. The summed E-state index contributed by atoms with van der Waals surface area (Å²) in [7, 11) is 0. The zero-order valence-corrected chi connectivity index (χ0v) is 32.5. The van der Waals surface area contributed by atoms with E-state index in [-0.39, 0.29) is 47.8 Å². The number of likely N-dealkylation sites (tertiary alicyclic amines) is 1. The van der Waals surface area contributed by atoms with Crippen molar-refractivity contribution in [1.29, 1.82) is 0 Å². The topological polar surface area (TPSA) is 111 Å². The number of nitrogens with one attached hydrogen (secondary N) is 2. The Hall–Kier alpha value is -3.85. The Morgan fingerprint density at radius 1 is 0.982 bits per heavy atom. The number of halogens is 5. The fraction of sp³-hybridized carbons (Fsp3) is 0.550. The number of aliphatic hydroxyl groups is 1. The van der Waals surface area contributed by atoms with Crippen molar-refractivity contribution >= 4 is 45.7 Å². The van der Waals surface area contributed by atoms with Crippen molar-refractivity contribution in [3.63, 3.8) is 0 Å². The molecule has 1 amide bonds. The third kappa shape index (κ3) is 6.37. The lowest BCUT2D eigenvalue weighted by molar-refractivity contribution is -0.123. The van der Waals surface area contributed by atoms with E-state index in [1.807, 2.05) is 43.2 Å². The number of nitrogens with zero attached hydrogens (tertiary/aromatic N) is 6. The molecule has 1 unspecified atom stereocenters. The summed E-state index contributed by atoms with van der Waals surface area (Å²) >= 11 is 6.14. The van der Waals surface area contributed by atoms with Crippen LogP contribution in [-0.2, 0) is 10.2 Å². The molecule has 15 heteroatoms. The van der Waals surface area contributed by atoms with Gasteiger partial charge in [0.1, 0.15) is 11.7 Å². The van der Waals surface area contributed by atoms with Gasteiger partial charge in [0.2, 0.25) is 5.91 Å². The number of alkyl halides is 2. The number of aromatic nitrogens is 4. The van der Waals surface area contributed by atoms with Gasteiger partial charge in [0.25, 0.3) is 6.43 Å². The summed E-state index contributed by atoms with van der Waals surface area (Å²) in [6, 6.07) is 4.72. The van der Waals surface area contributed by atoms with E-state index >= 15 is 8.78 Å². The van der Waals surface area contributed by atoms with Crippen LogP contribution in [-0.4, -0.2) is 72.1 Å². The predicted octanol–water partition coefficient (Wildman–Crippen LogP) is 8.55. The first-order valence-corrected chi connectivity index (χ1v) is 19.6. The second-order valence-corrected chi connectivity index (χ2v) is 17.3. The van der Waals surface area contributed by atoms with E-state index in [0.29, 0.717) is 28.0 Å². The molecule has 1 saturated heterocycles. The van der Waals surface area contributed by atoms with Gasteiger partial charge in [-0.2, -0.15) is 0 Å². The van der Waals surface area contributed by atoms with Crippen LogP contribution < -0.4 is 15.5 Å². The third-order valence-electron chi connectivity index (χ3n) is 12.3. The van der Waals surface area contributed by atoms with Crippen LogP contribution in [0.5, 0.6) is 0 Å². The van der Waals surface area contributed by atoms with Crippen molar-refractivity contribution in [1.82, 2.24) is 29.7 Å². The number of carbonyl (C=O) groups is 1. The summed E-state index contributed by atoms with van der Waals surface area (Å²) in [5.74, 6) is -2.66. The summed E-state index contributed by atoms with van der Waals surface area (Å²) < 4.78 is 60.2. The molecule has 0 bridgehead atoms. The van der Waals surface area contributed by atoms with Gasteiger partial charge in [-0.25, -0.2) is 27.5 Å². The maximum atomic E-state index is 15.6. The van der Waals surface area contributed by atoms with Crippen LogP contribution in [0.25, 0.3) is 22.3 Å². The summed E-state index contributed by atoms with van der Waals surface area (Å²) in [6.07, 6.45) is 5.56. The Labute approximate surface area is 322 Å². The lowest BCUT2D eigenvalue weighted by Gasteiger charge is -2.54. The number of fused-ring (bicyclic) bond motifs is 2. The van der Waals surface area contributed by atoms with Crippen LogP contribution in [0.1, 0.15) is 110 Å². The first-order valence-electron chi connectivity index (χ1n) is 19.2. The number of benzene rings is 1. The van der Waals surface area contributed by atoms with E-state index in [1.165, 1.54) is 25.7 Å². The van der Waals surface area contributed by atoms with Crippen LogP contribution in [0.15, 0.2) is 30.7 Å². The van der Waals surface area contributed by atoms with E-state index in [0.717, 1.165) is 37.7 Å².